The lowest BCUT2D eigenvalue weighted by Gasteiger charge is -2.19. The van der Waals surface area contributed by atoms with Crippen LogP contribution in [0.5, 0.6) is 5.75 Å². The number of aliphatic hydroxyl groups is 1. The van der Waals surface area contributed by atoms with Gasteiger partial charge in [-0.3, -0.25) is 0 Å². The van der Waals surface area contributed by atoms with Crippen molar-refractivity contribution < 1.29 is 10.2 Å². The highest BCUT2D eigenvalue weighted by Gasteiger charge is 2.13. The van der Waals surface area contributed by atoms with Crippen LogP contribution in [0.3, 0.4) is 0 Å². The zero-order valence-corrected chi connectivity index (χ0v) is 11.0. The maximum atomic E-state index is 9.53. The molecule has 0 radical (unpaired) electrons. The van der Waals surface area contributed by atoms with Gasteiger partial charge >= 0.3 is 0 Å². The molecule has 4 heteroatoms. The van der Waals surface area contributed by atoms with E-state index in [0.717, 1.165) is 22.5 Å². The molecule has 0 bridgehead atoms. The first-order valence-electron chi connectivity index (χ1n) is 6.09. The summed E-state index contributed by atoms with van der Waals surface area (Å²) in [7, 11) is 0. The number of rotatable bonds is 2. The van der Waals surface area contributed by atoms with Crippen molar-refractivity contribution >= 4 is 5.69 Å². The molecule has 100 valence electrons. The van der Waals surface area contributed by atoms with Gasteiger partial charge in [0, 0.05) is 11.4 Å². The summed E-state index contributed by atoms with van der Waals surface area (Å²) in [6, 6.07) is 4.89. The minimum atomic E-state index is -0.235. The number of benzene rings is 1. The second-order valence-electron chi connectivity index (χ2n) is 4.66. The summed E-state index contributed by atoms with van der Waals surface area (Å²) in [5, 5.41) is 22.2. The van der Waals surface area contributed by atoms with Crippen LogP contribution in [-0.4, -0.2) is 16.3 Å². The number of aliphatic hydroxyl groups excluding tert-OH is 1. The average molecular weight is 258 g/mol. The lowest BCUT2D eigenvalue weighted by atomic mass is 10.00. The van der Waals surface area contributed by atoms with Crippen molar-refractivity contribution in [3.8, 4) is 5.75 Å². The van der Waals surface area contributed by atoms with E-state index in [1.165, 1.54) is 0 Å². The molecule has 5 N–H and O–H groups in total. The highest BCUT2D eigenvalue weighted by Crippen LogP contribution is 2.24. The van der Waals surface area contributed by atoms with Crippen molar-refractivity contribution in [3.05, 3.63) is 59.0 Å². The molecule has 0 saturated heterocycles. The third-order valence-corrected chi connectivity index (χ3v) is 3.10. The minimum absolute atomic E-state index is 0.195. The van der Waals surface area contributed by atoms with Crippen LogP contribution in [0.4, 0.5) is 5.69 Å². The smallest absolute Gasteiger partial charge is 0.115 e. The fourth-order valence-electron chi connectivity index (χ4n) is 2.03. The molecule has 1 aromatic rings. The molecule has 19 heavy (non-hydrogen) atoms. The van der Waals surface area contributed by atoms with Crippen molar-refractivity contribution in [2.24, 2.45) is 5.73 Å². The molecule has 1 unspecified atom stereocenters. The number of aromatic hydroxyl groups is 1. The Kier molecular flexibility index (Phi) is 3.62. The molecule has 1 aliphatic rings. The highest BCUT2D eigenvalue weighted by atomic mass is 16.3. The SMILES string of the molecule is C/C(Nc1ccc(O)cc1C)=C1\C=C(O)C=CC1N. The first-order valence-corrected chi connectivity index (χ1v) is 6.09. The second kappa shape index (κ2) is 5.20. The summed E-state index contributed by atoms with van der Waals surface area (Å²) >= 11 is 0. The van der Waals surface area contributed by atoms with Crippen LogP contribution >= 0.6 is 0 Å². The third kappa shape index (κ3) is 2.98. The van der Waals surface area contributed by atoms with Crippen LogP contribution in [0.15, 0.2) is 53.5 Å². The molecule has 1 atom stereocenters. The number of nitrogens with one attached hydrogen (secondary N) is 1. The second-order valence-corrected chi connectivity index (χ2v) is 4.66. The first kappa shape index (κ1) is 13.2. The third-order valence-electron chi connectivity index (χ3n) is 3.10. The summed E-state index contributed by atoms with van der Waals surface area (Å²) in [6.45, 7) is 3.82. The highest BCUT2D eigenvalue weighted by molar-refractivity contribution is 5.58. The molecule has 0 aliphatic heterocycles. The Morgan fingerprint density at radius 2 is 2.05 bits per heavy atom. The zero-order valence-electron chi connectivity index (χ0n) is 11.0. The van der Waals surface area contributed by atoms with E-state index in [0.29, 0.717) is 0 Å². The first-order chi connectivity index (χ1) is 8.97. The summed E-state index contributed by atoms with van der Waals surface area (Å²) < 4.78 is 0. The molecule has 0 aromatic heterocycles. The zero-order chi connectivity index (χ0) is 14.0. The number of phenols is 1. The van der Waals surface area contributed by atoms with Crippen molar-refractivity contribution in [1.82, 2.24) is 0 Å². The summed E-state index contributed by atoms with van der Waals surface area (Å²) in [5.74, 6) is 0.434. The maximum Gasteiger partial charge on any atom is 0.115 e. The van der Waals surface area contributed by atoms with Crippen LogP contribution in [0.1, 0.15) is 12.5 Å². The summed E-state index contributed by atoms with van der Waals surface area (Å²) in [6.07, 6.45) is 5.00. The Hall–Kier alpha value is -2.20. The Bertz CT molecular complexity index is 586. The van der Waals surface area contributed by atoms with E-state index in [9.17, 15) is 10.2 Å². The van der Waals surface area contributed by atoms with Crippen molar-refractivity contribution in [1.29, 1.82) is 0 Å². The standard InChI is InChI=1S/C15H18N2O2/c1-9-7-11(18)4-6-15(9)17-10(2)13-8-12(19)3-5-14(13)16/h3-8,14,17-19H,16H2,1-2H3/b13-10-. The average Bonchev–Trinajstić information content (AvgIpc) is 2.35. The van der Waals surface area contributed by atoms with E-state index in [1.54, 1.807) is 30.4 Å². The molecular formula is C15H18N2O2. The number of aryl methyl sites for hydroxylation is 1. The van der Waals surface area contributed by atoms with Gasteiger partial charge < -0.3 is 21.3 Å². The largest absolute Gasteiger partial charge is 0.508 e. The van der Waals surface area contributed by atoms with Gasteiger partial charge in [0.2, 0.25) is 0 Å². The van der Waals surface area contributed by atoms with E-state index in [1.807, 2.05) is 19.9 Å². The van der Waals surface area contributed by atoms with Crippen molar-refractivity contribution in [2.45, 2.75) is 19.9 Å². The molecule has 1 aliphatic carbocycles. The summed E-state index contributed by atoms with van der Waals surface area (Å²) in [4.78, 5) is 0. The van der Waals surface area contributed by atoms with Gasteiger partial charge in [-0.15, -0.1) is 0 Å². The maximum absolute atomic E-state index is 9.53. The Morgan fingerprint density at radius 3 is 2.74 bits per heavy atom. The fraction of sp³-hybridized carbons (Fsp3) is 0.200. The molecule has 0 saturated carbocycles. The molecule has 0 spiro atoms. The predicted molar refractivity (Wildman–Crippen MR) is 77.0 cm³/mol. The molecular weight excluding hydrogens is 240 g/mol. The van der Waals surface area contributed by atoms with Gasteiger partial charge in [0.1, 0.15) is 11.5 Å². The van der Waals surface area contributed by atoms with Crippen molar-refractivity contribution in [3.63, 3.8) is 0 Å². The monoisotopic (exact) mass is 258 g/mol. The van der Waals surface area contributed by atoms with Crippen molar-refractivity contribution in [2.75, 3.05) is 5.32 Å². The lowest BCUT2D eigenvalue weighted by Crippen LogP contribution is -2.23. The predicted octanol–water partition coefficient (Wildman–Crippen LogP) is 2.73. The van der Waals surface area contributed by atoms with E-state index >= 15 is 0 Å². The van der Waals surface area contributed by atoms with Crippen LogP contribution in [-0.2, 0) is 0 Å². The molecule has 2 rings (SSSR count). The Labute approximate surface area is 112 Å². The van der Waals surface area contributed by atoms with Crippen LogP contribution in [0.25, 0.3) is 0 Å². The van der Waals surface area contributed by atoms with Crippen LogP contribution < -0.4 is 11.1 Å². The minimum Gasteiger partial charge on any atom is -0.508 e. The van der Waals surface area contributed by atoms with Crippen LogP contribution in [0, 0.1) is 6.92 Å². The normalized spacial score (nSPS) is 21.0. The van der Waals surface area contributed by atoms with E-state index in [-0.39, 0.29) is 17.6 Å². The Morgan fingerprint density at radius 1 is 1.32 bits per heavy atom. The number of hydrogen-bond acceptors (Lipinski definition) is 4. The topological polar surface area (TPSA) is 78.5 Å². The van der Waals surface area contributed by atoms with E-state index in [2.05, 4.69) is 5.32 Å². The van der Waals surface area contributed by atoms with Gasteiger partial charge in [-0.2, -0.15) is 0 Å². The lowest BCUT2D eigenvalue weighted by molar-refractivity contribution is 0.429. The number of allylic oxidation sites excluding steroid dienone is 2. The quantitative estimate of drug-likeness (QED) is 0.615. The fourth-order valence-corrected chi connectivity index (χ4v) is 2.03. The molecule has 1 aromatic carbocycles. The number of phenolic OH excluding ortho intramolecular Hbond substituents is 1. The van der Waals surface area contributed by atoms with Crippen LogP contribution in [0.2, 0.25) is 0 Å². The van der Waals surface area contributed by atoms with Gasteiger partial charge in [0.15, 0.2) is 0 Å². The summed E-state index contributed by atoms with van der Waals surface area (Å²) in [5.41, 5.74) is 9.53. The van der Waals surface area contributed by atoms with Gasteiger partial charge in [-0.05, 0) is 55.3 Å². The van der Waals surface area contributed by atoms with Gasteiger partial charge in [-0.1, -0.05) is 6.08 Å². The molecule has 0 heterocycles. The Balaban J connectivity index is 2.30. The number of anilines is 1. The van der Waals surface area contributed by atoms with Gasteiger partial charge in [0.25, 0.3) is 0 Å². The molecule has 0 amide bonds. The van der Waals surface area contributed by atoms with E-state index < -0.39 is 0 Å². The van der Waals surface area contributed by atoms with Gasteiger partial charge in [0.05, 0.1) is 6.04 Å². The number of nitrogens with two attached hydrogens (primary N) is 1. The molecule has 4 nitrogen and oxygen atoms in total. The van der Waals surface area contributed by atoms with E-state index in [4.69, 9.17) is 5.73 Å². The number of hydrogen-bond donors (Lipinski definition) is 4. The molecule has 0 fully saturated rings. The van der Waals surface area contributed by atoms with Gasteiger partial charge in [-0.25, -0.2) is 0 Å².